The highest BCUT2D eigenvalue weighted by Gasteiger charge is 1.98. The number of allylic oxidation sites excluding steroid dienone is 1. The Morgan fingerprint density at radius 1 is 1.25 bits per heavy atom. The lowest BCUT2D eigenvalue weighted by Crippen LogP contribution is -1.96. The van der Waals surface area contributed by atoms with Crippen molar-refractivity contribution in [3.63, 3.8) is 0 Å². The quantitative estimate of drug-likeness (QED) is 0.400. The molecule has 0 bridgehead atoms. The highest BCUT2D eigenvalue weighted by Crippen LogP contribution is 2.05. The molecule has 12 heavy (non-hydrogen) atoms. The maximum atomic E-state index is 11.1. The monoisotopic (exact) mass is 168 g/mol. The summed E-state index contributed by atoms with van der Waals surface area (Å²) in [5.41, 5.74) is 0. The van der Waals surface area contributed by atoms with E-state index in [9.17, 15) is 4.79 Å². The SMILES string of the molecule is C=CCCC(=O)CCCCCC. The second-order valence-corrected chi connectivity index (χ2v) is 3.18. The fourth-order valence-electron chi connectivity index (χ4n) is 1.14. The minimum atomic E-state index is 0.394. The van der Waals surface area contributed by atoms with Crippen molar-refractivity contribution in [2.24, 2.45) is 0 Å². The zero-order valence-electron chi connectivity index (χ0n) is 8.14. The molecule has 0 saturated heterocycles. The highest BCUT2D eigenvalue weighted by molar-refractivity contribution is 5.78. The number of hydrogen-bond acceptors (Lipinski definition) is 1. The smallest absolute Gasteiger partial charge is 0.133 e. The molecule has 0 aromatic rings. The molecule has 0 aliphatic carbocycles. The van der Waals surface area contributed by atoms with Crippen LogP contribution in [-0.2, 0) is 4.79 Å². The second kappa shape index (κ2) is 8.51. The molecule has 0 amide bonds. The molecule has 0 aliphatic rings. The highest BCUT2D eigenvalue weighted by atomic mass is 16.1. The van der Waals surface area contributed by atoms with Crippen LogP contribution in [0.15, 0.2) is 12.7 Å². The number of rotatable bonds is 8. The van der Waals surface area contributed by atoms with Gasteiger partial charge in [0.05, 0.1) is 0 Å². The van der Waals surface area contributed by atoms with Gasteiger partial charge in [-0.1, -0.05) is 32.3 Å². The topological polar surface area (TPSA) is 17.1 Å². The van der Waals surface area contributed by atoms with E-state index in [0.717, 1.165) is 19.3 Å². The van der Waals surface area contributed by atoms with Crippen LogP contribution in [0.2, 0.25) is 0 Å². The first-order chi connectivity index (χ1) is 5.81. The molecule has 0 aliphatic heterocycles. The van der Waals surface area contributed by atoms with Crippen molar-refractivity contribution in [1.29, 1.82) is 0 Å². The van der Waals surface area contributed by atoms with Crippen LogP contribution in [-0.4, -0.2) is 5.78 Å². The Morgan fingerprint density at radius 3 is 2.58 bits per heavy atom. The van der Waals surface area contributed by atoms with Gasteiger partial charge < -0.3 is 0 Å². The van der Waals surface area contributed by atoms with Gasteiger partial charge in [0.25, 0.3) is 0 Å². The number of Topliss-reactive ketones (excluding diaryl/α,β-unsaturated/α-hetero) is 1. The molecule has 0 unspecified atom stereocenters. The molecule has 0 aromatic carbocycles. The van der Waals surface area contributed by atoms with E-state index in [1.807, 2.05) is 6.08 Å². The second-order valence-electron chi connectivity index (χ2n) is 3.18. The third-order valence-corrected chi connectivity index (χ3v) is 1.94. The Bertz CT molecular complexity index is 127. The van der Waals surface area contributed by atoms with Gasteiger partial charge >= 0.3 is 0 Å². The van der Waals surface area contributed by atoms with E-state index in [2.05, 4.69) is 13.5 Å². The van der Waals surface area contributed by atoms with Crippen LogP contribution in [0.25, 0.3) is 0 Å². The normalized spacial score (nSPS) is 9.75. The predicted octanol–water partition coefficient (Wildman–Crippen LogP) is 3.49. The molecule has 1 heteroatoms. The minimum Gasteiger partial charge on any atom is -0.300 e. The summed E-state index contributed by atoms with van der Waals surface area (Å²) in [4.78, 5) is 11.1. The Hall–Kier alpha value is -0.590. The summed E-state index contributed by atoms with van der Waals surface area (Å²) in [5, 5.41) is 0. The van der Waals surface area contributed by atoms with Crippen molar-refractivity contribution in [1.82, 2.24) is 0 Å². The number of ketones is 1. The van der Waals surface area contributed by atoms with Crippen molar-refractivity contribution < 1.29 is 4.79 Å². The Kier molecular flexibility index (Phi) is 8.09. The predicted molar refractivity (Wildman–Crippen MR) is 53.2 cm³/mol. The van der Waals surface area contributed by atoms with Gasteiger partial charge in [0.15, 0.2) is 0 Å². The number of carbonyl (C=O) groups excluding carboxylic acids is 1. The number of carbonyl (C=O) groups is 1. The minimum absolute atomic E-state index is 0.394. The molecule has 0 heterocycles. The molecular weight excluding hydrogens is 148 g/mol. The molecule has 0 atom stereocenters. The fraction of sp³-hybridized carbons (Fsp3) is 0.727. The first-order valence-corrected chi connectivity index (χ1v) is 4.93. The maximum Gasteiger partial charge on any atom is 0.133 e. The van der Waals surface area contributed by atoms with Crippen LogP contribution < -0.4 is 0 Å². The van der Waals surface area contributed by atoms with Crippen LogP contribution in [0, 0.1) is 0 Å². The summed E-state index contributed by atoms with van der Waals surface area (Å²) in [6, 6.07) is 0. The van der Waals surface area contributed by atoms with E-state index >= 15 is 0 Å². The van der Waals surface area contributed by atoms with E-state index in [-0.39, 0.29) is 0 Å². The largest absolute Gasteiger partial charge is 0.300 e. The third kappa shape index (κ3) is 7.52. The first-order valence-electron chi connectivity index (χ1n) is 4.93. The summed E-state index contributed by atoms with van der Waals surface area (Å²) < 4.78 is 0. The number of unbranched alkanes of at least 4 members (excludes halogenated alkanes) is 3. The molecule has 70 valence electrons. The van der Waals surface area contributed by atoms with Gasteiger partial charge in [-0.15, -0.1) is 6.58 Å². The molecule has 0 aromatic heterocycles. The average Bonchev–Trinajstić information content (AvgIpc) is 2.09. The summed E-state index contributed by atoms with van der Waals surface area (Å²) in [7, 11) is 0. The van der Waals surface area contributed by atoms with Crippen LogP contribution in [0.4, 0.5) is 0 Å². The van der Waals surface area contributed by atoms with E-state index in [4.69, 9.17) is 0 Å². The number of hydrogen-bond donors (Lipinski definition) is 0. The van der Waals surface area contributed by atoms with Crippen LogP contribution >= 0.6 is 0 Å². The summed E-state index contributed by atoms with van der Waals surface area (Å²) in [5.74, 6) is 0.394. The summed E-state index contributed by atoms with van der Waals surface area (Å²) in [6.07, 6.45) is 8.88. The molecular formula is C11H20O. The van der Waals surface area contributed by atoms with Gasteiger partial charge in [-0.25, -0.2) is 0 Å². The van der Waals surface area contributed by atoms with Gasteiger partial charge in [-0.05, 0) is 12.8 Å². The van der Waals surface area contributed by atoms with Crippen molar-refractivity contribution >= 4 is 5.78 Å². The molecule has 0 spiro atoms. The molecule has 1 nitrogen and oxygen atoms in total. The lowest BCUT2D eigenvalue weighted by molar-refractivity contribution is -0.119. The van der Waals surface area contributed by atoms with Gasteiger partial charge in [-0.3, -0.25) is 4.79 Å². The van der Waals surface area contributed by atoms with E-state index < -0.39 is 0 Å². The van der Waals surface area contributed by atoms with Crippen molar-refractivity contribution in [2.45, 2.75) is 51.9 Å². The van der Waals surface area contributed by atoms with Gasteiger partial charge in [0.1, 0.15) is 5.78 Å². The van der Waals surface area contributed by atoms with E-state index in [1.54, 1.807) is 0 Å². The van der Waals surface area contributed by atoms with Crippen LogP contribution in [0.1, 0.15) is 51.9 Å². The Balaban J connectivity index is 3.13. The molecule has 0 fully saturated rings. The van der Waals surface area contributed by atoms with Gasteiger partial charge in [0, 0.05) is 12.8 Å². The maximum absolute atomic E-state index is 11.1. The van der Waals surface area contributed by atoms with Crippen molar-refractivity contribution in [2.75, 3.05) is 0 Å². The third-order valence-electron chi connectivity index (χ3n) is 1.94. The average molecular weight is 168 g/mol. The fourth-order valence-corrected chi connectivity index (χ4v) is 1.14. The first kappa shape index (κ1) is 11.4. The lowest BCUT2D eigenvalue weighted by Gasteiger charge is -1.98. The lowest BCUT2D eigenvalue weighted by atomic mass is 10.1. The standard InChI is InChI=1S/C11H20O/c1-3-5-7-8-10-11(12)9-6-4-2/h4H,2-3,5-10H2,1H3. The van der Waals surface area contributed by atoms with Crippen LogP contribution in [0.5, 0.6) is 0 Å². The Labute approximate surface area is 75.9 Å². The van der Waals surface area contributed by atoms with Crippen LogP contribution in [0.3, 0.4) is 0 Å². The molecule has 0 rings (SSSR count). The van der Waals surface area contributed by atoms with Gasteiger partial charge in [0.2, 0.25) is 0 Å². The molecule has 0 saturated carbocycles. The van der Waals surface area contributed by atoms with Crippen molar-refractivity contribution in [3.8, 4) is 0 Å². The van der Waals surface area contributed by atoms with Crippen molar-refractivity contribution in [3.05, 3.63) is 12.7 Å². The zero-order valence-corrected chi connectivity index (χ0v) is 8.14. The molecule has 0 radical (unpaired) electrons. The summed E-state index contributed by atoms with van der Waals surface area (Å²) >= 11 is 0. The Morgan fingerprint density at radius 2 is 2.00 bits per heavy atom. The van der Waals surface area contributed by atoms with Gasteiger partial charge in [-0.2, -0.15) is 0 Å². The molecule has 0 N–H and O–H groups in total. The zero-order chi connectivity index (χ0) is 9.23. The van der Waals surface area contributed by atoms with E-state index in [1.165, 1.54) is 19.3 Å². The van der Waals surface area contributed by atoms with E-state index in [0.29, 0.717) is 12.2 Å². The summed E-state index contributed by atoms with van der Waals surface area (Å²) in [6.45, 7) is 5.77.